The topological polar surface area (TPSA) is 91.5 Å². The number of para-hydroxylation sites is 1. The summed E-state index contributed by atoms with van der Waals surface area (Å²) in [4.78, 5) is 41.1. The van der Waals surface area contributed by atoms with Crippen LogP contribution in [-0.2, 0) is 16.0 Å². The molecule has 1 aromatic carbocycles. The first kappa shape index (κ1) is 19.2. The van der Waals surface area contributed by atoms with Crippen molar-refractivity contribution in [2.75, 3.05) is 26.0 Å². The summed E-state index contributed by atoms with van der Waals surface area (Å²) in [6.45, 7) is 3.46. The van der Waals surface area contributed by atoms with Crippen LogP contribution in [0.3, 0.4) is 0 Å². The number of hydrogen-bond acceptors (Lipinski definition) is 4. The predicted octanol–water partition coefficient (Wildman–Crippen LogP) is 2.38. The summed E-state index contributed by atoms with van der Waals surface area (Å²) in [5.74, 6) is -1.16. The summed E-state index contributed by atoms with van der Waals surface area (Å²) in [6.07, 6.45) is 0.552. The third-order valence-electron chi connectivity index (χ3n) is 4.07. The molecule has 0 aliphatic carbocycles. The Morgan fingerprint density at radius 1 is 1.19 bits per heavy atom. The van der Waals surface area contributed by atoms with Gasteiger partial charge in [-0.25, -0.2) is 4.79 Å². The molecule has 0 unspecified atom stereocenters. The summed E-state index contributed by atoms with van der Waals surface area (Å²) in [5.41, 5.74) is 2.49. The lowest BCUT2D eigenvalue weighted by Crippen LogP contribution is -2.35. The minimum absolute atomic E-state index is 0.110. The van der Waals surface area contributed by atoms with E-state index in [0.717, 1.165) is 0 Å². The third kappa shape index (κ3) is 4.11. The molecule has 138 valence electrons. The highest BCUT2D eigenvalue weighted by atomic mass is 16.5. The first-order valence-electron chi connectivity index (χ1n) is 8.29. The Hall–Kier alpha value is -3.09. The number of carbonyl (C=O) groups is 3. The SMILES string of the molecule is CCc1[nH]c(C(=O)N(C)CC(=O)Nc2ccccc2)c(C)c1C(=O)OC. The number of rotatable bonds is 6. The number of methoxy groups -OCH3 is 1. The fourth-order valence-corrected chi connectivity index (χ4v) is 2.72. The second-order valence-corrected chi connectivity index (χ2v) is 5.90. The highest BCUT2D eigenvalue weighted by Crippen LogP contribution is 2.21. The highest BCUT2D eigenvalue weighted by Gasteiger charge is 2.26. The van der Waals surface area contributed by atoms with Crippen molar-refractivity contribution in [2.24, 2.45) is 0 Å². The normalized spacial score (nSPS) is 10.3. The number of aryl methyl sites for hydroxylation is 1. The average Bonchev–Trinajstić information content (AvgIpc) is 2.97. The molecule has 2 aromatic rings. The quantitative estimate of drug-likeness (QED) is 0.777. The van der Waals surface area contributed by atoms with Crippen LogP contribution in [0.4, 0.5) is 5.69 Å². The maximum atomic E-state index is 12.7. The fraction of sp³-hybridized carbons (Fsp3) is 0.316. The molecule has 2 amide bonds. The van der Waals surface area contributed by atoms with E-state index in [0.29, 0.717) is 28.9 Å². The summed E-state index contributed by atoms with van der Waals surface area (Å²) in [6, 6.07) is 9.01. The average molecular weight is 357 g/mol. The lowest BCUT2D eigenvalue weighted by atomic mass is 10.1. The Balaban J connectivity index is 2.14. The van der Waals surface area contributed by atoms with Gasteiger partial charge in [0, 0.05) is 18.4 Å². The predicted molar refractivity (Wildman–Crippen MR) is 98.3 cm³/mol. The number of ether oxygens (including phenoxy) is 1. The van der Waals surface area contributed by atoms with E-state index in [1.54, 1.807) is 19.1 Å². The van der Waals surface area contributed by atoms with Crippen molar-refractivity contribution in [3.8, 4) is 0 Å². The lowest BCUT2D eigenvalue weighted by molar-refractivity contribution is -0.116. The number of carbonyl (C=O) groups excluding carboxylic acids is 3. The molecule has 1 heterocycles. The van der Waals surface area contributed by atoms with Crippen LogP contribution < -0.4 is 5.32 Å². The number of H-pyrrole nitrogens is 1. The standard InChI is InChI=1S/C19H23N3O4/c1-5-14-16(19(25)26-4)12(2)17(21-14)18(24)22(3)11-15(23)20-13-9-7-6-8-10-13/h6-10,21H,5,11H2,1-4H3,(H,20,23). The molecule has 0 atom stereocenters. The van der Waals surface area contributed by atoms with Gasteiger partial charge in [0.15, 0.2) is 0 Å². The monoisotopic (exact) mass is 357 g/mol. The molecule has 0 aliphatic heterocycles. The number of benzene rings is 1. The second kappa shape index (κ2) is 8.33. The molecule has 26 heavy (non-hydrogen) atoms. The van der Waals surface area contributed by atoms with Crippen molar-refractivity contribution in [1.29, 1.82) is 0 Å². The first-order chi connectivity index (χ1) is 12.4. The number of esters is 1. The minimum atomic E-state index is -0.487. The number of likely N-dealkylation sites (N-methyl/N-ethyl adjacent to an activating group) is 1. The largest absolute Gasteiger partial charge is 0.465 e. The van der Waals surface area contributed by atoms with E-state index in [4.69, 9.17) is 4.74 Å². The van der Waals surface area contributed by atoms with Crippen LogP contribution >= 0.6 is 0 Å². The van der Waals surface area contributed by atoms with Gasteiger partial charge in [-0.2, -0.15) is 0 Å². The molecule has 7 heteroatoms. The lowest BCUT2D eigenvalue weighted by Gasteiger charge is -2.16. The van der Waals surface area contributed by atoms with Crippen molar-refractivity contribution in [1.82, 2.24) is 9.88 Å². The summed E-state index contributed by atoms with van der Waals surface area (Å²) in [7, 11) is 2.84. The molecule has 0 bridgehead atoms. The van der Waals surface area contributed by atoms with Crippen molar-refractivity contribution in [2.45, 2.75) is 20.3 Å². The Bertz CT molecular complexity index is 812. The van der Waals surface area contributed by atoms with Crippen LogP contribution in [-0.4, -0.2) is 48.4 Å². The number of aromatic nitrogens is 1. The van der Waals surface area contributed by atoms with E-state index in [2.05, 4.69) is 10.3 Å². The van der Waals surface area contributed by atoms with Crippen LogP contribution in [0.5, 0.6) is 0 Å². The van der Waals surface area contributed by atoms with Gasteiger partial charge in [-0.05, 0) is 31.0 Å². The smallest absolute Gasteiger partial charge is 0.339 e. The minimum Gasteiger partial charge on any atom is -0.465 e. The van der Waals surface area contributed by atoms with Gasteiger partial charge in [0.1, 0.15) is 5.69 Å². The Morgan fingerprint density at radius 2 is 1.85 bits per heavy atom. The highest BCUT2D eigenvalue weighted by molar-refractivity contribution is 6.02. The zero-order valence-corrected chi connectivity index (χ0v) is 15.4. The van der Waals surface area contributed by atoms with Crippen molar-refractivity contribution >= 4 is 23.5 Å². The number of amides is 2. The molecule has 2 rings (SSSR count). The molecule has 0 aliphatic rings. The third-order valence-corrected chi connectivity index (χ3v) is 4.07. The van der Waals surface area contributed by atoms with Crippen LogP contribution in [0.2, 0.25) is 0 Å². The van der Waals surface area contributed by atoms with Crippen LogP contribution in [0.25, 0.3) is 0 Å². The molecule has 0 spiro atoms. The molecule has 2 N–H and O–H groups in total. The van der Waals surface area contributed by atoms with E-state index in [1.807, 2.05) is 25.1 Å². The number of aromatic amines is 1. The van der Waals surface area contributed by atoms with Gasteiger partial charge in [-0.1, -0.05) is 25.1 Å². The molecule has 7 nitrogen and oxygen atoms in total. The van der Waals surface area contributed by atoms with Gasteiger partial charge in [0.25, 0.3) is 5.91 Å². The van der Waals surface area contributed by atoms with Gasteiger partial charge in [0.2, 0.25) is 5.91 Å². The number of nitrogens with one attached hydrogen (secondary N) is 2. The second-order valence-electron chi connectivity index (χ2n) is 5.90. The first-order valence-corrected chi connectivity index (χ1v) is 8.29. The molecular formula is C19H23N3O4. The molecule has 0 fully saturated rings. The maximum Gasteiger partial charge on any atom is 0.339 e. The Kier molecular flexibility index (Phi) is 6.16. The zero-order chi connectivity index (χ0) is 19.3. The number of hydrogen-bond donors (Lipinski definition) is 2. The van der Waals surface area contributed by atoms with Crippen molar-refractivity contribution < 1.29 is 19.1 Å². The van der Waals surface area contributed by atoms with Gasteiger partial charge in [-0.3, -0.25) is 9.59 Å². The molecule has 0 radical (unpaired) electrons. The van der Waals surface area contributed by atoms with E-state index in [1.165, 1.54) is 19.1 Å². The van der Waals surface area contributed by atoms with Crippen molar-refractivity contribution in [3.05, 3.63) is 52.8 Å². The van der Waals surface area contributed by atoms with Crippen LogP contribution in [0.1, 0.15) is 39.0 Å². The maximum absolute atomic E-state index is 12.7. The Morgan fingerprint density at radius 3 is 2.42 bits per heavy atom. The molecule has 1 aromatic heterocycles. The van der Waals surface area contributed by atoms with Crippen molar-refractivity contribution in [3.63, 3.8) is 0 Å². The van der Waals surface area contributed by atoms with Crippen LogP contribution in [0, 0.1) is 6.92 Å². The zero-order valence-electron chi connectivity index (χ0n) is 15.4. The fourth-order valence-electron chi connectivity index (χ4n) is 2.72. The van der Waals surface area contributed by atoms with Gasteiger partial charge in [-0.15, -0.1) is 0 Å². The van der Waals surface area contributed by atoms with E-state index >= 15 is 0 Å². The molecular weight excluding hydrogens is 334 g/mol. The molecule has 0 saturated heterocycles. The van der Waals surface area contributed by atoms with E-state index in [-0.39, 0.29) is 24.1 Å². The summed E-state index contributed by atoms with van der Waals surface area (Å²) < 4.78 is 4.80. The van der Waals surface area contributed by atoms with Gasteiger partial charge < -0.3 is 19.9 Å². The summed E-state index contributed by atoms with van der Waals surface area (Å²) in [5, 5.41) is 2.73. The molecule has 0 saturated carbocycles. The van der Waals surface area contributed by atoms with Gasteiger partial charge in [0.05, 0.1) is 19.2 Å². The summed E-state index contributed by atoms with van der Waals surface area (Å²) >= 11 is 0. The number of nitrogens with zero attached hydrogens (tertiary/aromatic N) is 1. The van der Waals surface area contributed by atoms with E-state index < -0.39 is 5.97 Å². The van der Waals surface area contributed by atoms with Gasteiger partial charge >= 0.3 is 5.97 Å². The van der Waals surface area contributed by atoms with Crippen LogP contribution in [0.15, 0.2) is 30.3 Å². The Labute approximate surface area is 152 Å². The van der Waals surface area contributed by atoms with E-state index in [9.17, 15) is 14.4 Å². The number of anilines is 1.